The fraction of sp³-hybridized carbons (Fsp3) is 0.138. The average Bonchev–Trinajstić information content (AvgIpc) is 2.89. The number of hydrogen-bond donors (Lipinski definition) is 1. The van der Waals surface area contributed by atoms with Crippen molar-refractivity contribution in [3.63, 3.8) is 0 Å². The van der Waals surface area contributed by atoms with Crippen LogP contribution >= 0.6 is 19.0 Å². The lowest BCUT2D eigenvalue weighted by atomic mass is 10.1. The number of alkyl halides is 6. The molecule has 4 nitrogen and oxygen atoms in total. The van der Waals surface area contributed by atoms with Gasteiger partial charge in [0.05, 0.1) is 34.7 Å². The minimum Gasteiger partial charge on any atom is -0.441 e. The van der Waals surface area contributed by atoms with E-state index in [1.54, 1.807) is 60.7 Å². The van der Waals surface area contributed by atoms with E-state index in [1.807, 2.05) is 5.32 Å². The molecule has 0 aromatic heterocycles. The number of halogens is 7. The minimum atomic E-state index is -5.07. The van der Waals surface area contributed by atoms with Crippen molar-refractivity contribution in [3.8, 4) is 5.75 Å². The van der Waals surface area contributed by atoms with E-state index in [1.165, 1.54) is 12.1 Å². The topological polar surface area (TPSA) is 55.4 Å². The van der Waals surface area contributed by atoms with Crippen molar-refractivity contribution in [3.05, 3.63) is 130 Å². The zero-order valence-corrected chi connectivity index (χ0v) is 22.6. The maximum Gasteiger partial charge on any atom is 0.418 e. The van der Waals surface area contributed by atoms with Crippen LogP contribution in [0, 0.1) is 0 Å². The van der Waals surface area contributed by atoms with Gasteiger partial charge in [-0.25, -0.2) is 0 Å². The number of anilines is 1. The molecular weight excluding hydrogens is 591 g/mol. The molecule has 0 aliphatic heterocycles. The molecule has 41 heavy (non-hydrogen) atoms. The number of nitrogens with one attached hydrogen (secondary N) is 1. The molecule has 4 aromatic carbocycles. The predicted molar refractivity (Wildman–Crippen MR) is 144 cm³/mol. The summed E-state index contributed by atoms with van der Waals surface area (Å²) >= 11 is 6.05. The summed E-state index contributed by atoms with van der Waals surface area (Å²) in [5, 5.41) is 1.90. The first-order valence-electron chi connectivity index (χ1n) is 12.0. The van der Waals surface area contributed by atoms with Crippen LogP contribution in [0.2, 0.25) is 5.02 Å². The summed E-state index contributed by atoms with van der Waals surface area (Å²) in [6.07, 6.45) is -10.1. The molecule has 214 valence electrons. The van der Waals surface area contributed by atoms with Crippen LogP contribution in [0.25, 0.3) is 0 Å². The molecule has 0 unspecified atom stereocenters. The third kappa shape index (κ3) is 7.93. The van der Waals surface area contributed by atoms with Crippen molar-refractivity contribution in [2.45, 2.75) is 24.7 Å². The minimum absolute atomic E-state index is 0.0106. The molecule has 0 fully saturated rings. The highest BCUT2D eigenvalue weighted by atomic mass is 35.5. The highest BCUT2D eigenvalue weighted by Gasteiger charge is 2.38. The van der Waals surface area contributed by atoms with Crippen LogP contribution in [-0.2, 0) is 29.2 Å². The summed E-state index contributed by atoms with van der Waals surface area (Å²) in [4.78, 5) is 13.2. The third-order valence-corrected chi connectivity index (χ3v) is 8.34. The molecule has 0 aliphatic rings. The van der Waals surface area contributed by atoms with E-state index in [9.17, 15) is 35.7 Å². The fourth-order valence-electron chi connectivity index (χ4n) is 4.04. The molecule has 4 aromatic rings. The Hall–Kier alpha value is -3.75. The Bertz CT molecular complexity index is 1530. The van der Waals surface area contributed by atoms with Gasteiger partial charge in [0.25, 0.3) is 13.3 Å². The van der Waals surface area contributed by atoms with Gasteiger partial charge in [0.1, 0.15) is 5.75 Å². The molecule has 0 atom stereocenters. The Morgan fingerprint density at radius 3 is 1.83 bits per heavy atom. The van der Waals surface area contributed by atoms with Gasteiger partial charge in [-0.3, -0.25) is 9.36 Å². The maximum absolute atomic E-state index is 14.2. The standard InChI is InChI=1S/C29H21ClF6NO3P/c30-22-12-14-26(40-41(39,17-19-7-3-1-4-8-19)18-20-9-5-2-6-10-20)23(16-22)27(38)37-25-15-21(28(31,32)33)11-13-24(25)29(34,35)36/h1-16H,17-18H2,(H,37,38). The lowest BCUT2D eigenvalue weighted by Crippen LogP contribution is -2.19. The van der Waals surface area contributed by atoms with E-state index in [4.69, 9.17) is 16.1 Å². The Labute approximate surface area is 236 Å². The van der Waals surface area contributed by atoms with Crippen molar-refractivity contribution < 1.29 is 40.2 Å². The summed E-state index contributed by atoms with van der Waals surface area (Å²) in [7, 11) is -3.67. The Kier molecular flexibility index (Phi) is 8.85. The molecule has 0 spiro atoms. The monoisotopic (exact) mass is 611 g/mol. The first kappa shape index (κ1) is 30.2. The molecule has 0 saturated carbocycles. The van der Waals surface area contributed by atoms with E-state index in [0.717, 1.165) is 6.07 Å². The first-order chi connectivity index (χ1) is 19.2. The first-order valence-corrected chi connectivity index (χ1v) is 14.4. The molecular formula is C29H21ClF6NO3P. The van der Waals surface area contributed by atoms with Crippen molar-refractivity contribution in [2.75, 3.05) is 5.32 Å². The van der Waals surface area contributed by atoms with Gasteiger partial charge in [-0.15, -0.1) is 0 Å². The van der Waals surface area contributed by atoms with Gasteiger partial charge in [0, 0.05) is 5.02 Å². The van der Waals surface area contributed by atoms with Gasteiger partial charge in [-0.1, -0.05) is 72.3 Å². The SMILES string of the molecule is O=C(Nc1cc(C(F)(F)F)ccc1C(F)(F)F)c1cc(Cl)ccc1OP(=O)(Cc1ccccc1)Cc1ccccc1. The summed E-state index contributed by atoms with van der Waals surface area (Å²) in [6.45, 7) is 0. The lowest BCUT2D eigenvalue weighted by Gasteiger charge is -2.22. The molecule has 1 N–H and O–H groups in total. The van der Waals surface area contributed by atoms with E-state index in [2.05, 4.69) is 0 Å². The van der Waals surface area contributed by atoms with Crippen molar-refractivity contribution in [2.24, 2.45) is 0 Å². The number of benzene rings is 4. The van der Waals surface area contributed by atoms with Gasteiger partial charge in [-0.2, -0.15) is 26.3 Å². The van der Waals surface area contributed by atoms with Gasteiger partial charge in [0.2, 0.25) is 0 Å². The van der Waals surface area contributed by atoms with Gasteiger partial charge in [-0.05, 0) is 47.5 Å². The van der Waals surface area contributed by atoms with Crippen LogP contribution in [-0.4, -0.2) is 5.91 Å². The van der Waals surface area contributed by atoms with Gasteiger partial charge in [0.15, 0.2) is 0 Å². The predicted octanol–water partition coefficient (Wildman–Crippen LogP) is 9.69. The van der Waals surface area contributed by atoms with Crippen LogP contribution in [0.5, 0.6) is 5.75 Å². The molecule has 12 heteroatoms. The van der Waals surface area contributed by atoms with E-state index < -0.39 is 48.0 Å². The lowest BCUT2D eigenvalue weighted by molar-refractivity contribution is -0.140. The summed E-state index contributed by atoms with van der Waals surface area (Å²) in [5.74, 6) is -1.50. The number of hydrogen-bond acceptors (Lipinski definition) is 3. The van der Waals surface area contributed by atoms with Crippen molar-refractivity contribution in [1.82, 2.24) is 0 Å². The molecule has 0 bridgehead atoms. The van der Waals surface area contributed by atoms with Crippen LogP contribution in [0.3, 0.4) is 0 Å². The number of rotatable bonds is 8. The summed E-state index contributed by atoms with van der Waals surface area (Å²) < 4.78 is 101. The Balaban J connectivity index is 1.73. The molecule has 0 heterocycles. The number of amides is 1. The average molecular weight is 612 g/mol. The van der Waals surface area contributed by atoms with Crippen LogP contribution in [0.1, 0.15) is 32.6 Å². The Morgan fingerprint density at radius 2 is 1.32 bits per heavy atom. The number of carbonyl (C=O) groups is 1. The largest absolute Gasteiger partial charge is 0.441 e. The molecule has 0 saturated heterocycles. The van der Waals surface area contributed by atoms with Crippen molar-refractivity contribution in [1.29, 1.82) is 0 Å². The highest BCUT2D eigenvalue weighted by molar-refractivity contribution is 7.57. The zero-order chi connectivity index (χ0) is 29.8. The zero-order valence-electron chi connectivity index (χ0n) is 21.0. The fourth-order valence-corrected chi connectivity index (χ4v) is 6.51. The second-order valence-corrected chi connectivity index (χ2v) is 11.9. The molecule has 1 amide bonds. The van der Waals surface area contributed by atoms with Crippen LogP contribution in [0.15, 0.2) is 97.1 Å². The smallest absolute Gasteiger partial charge is 0.418 e. The summed E-state index contributed by atoms with van der Waals surface area (Å²) in [5.41, 5.74) is -3.05. The second kappa shape index (κ2) is 12.0. The number of carbonyl (C=O) groups excluding carboxylic acids is 1. The van der Waals surface area contributed by atoms with E-state index in [-0.39, 0.29) is 41.3 Å². The third-order valence-electron chi connectivity index (χ3n) is 5.88. The highest BCUT2D eigenvalue weighted by Crippen LogP contribution is 2.54. The quantitative estimate of drug-likeness (QED) is 0.159. The normalized spacial score (nSPS) is 12.2. The van der Waals surface area contributed by atoms with Crippen LogP contribution in [0.4, 0.5) is 32.0 Å². The molecule has 4 rings (SSSR count). The maximum atomic E-state index is 14.2. The van der Waals surface area contributed by atoms with Gasteiger partial charge < -0.3 is 9.84 Å². The molecule has 0 radical (unpaired) electrons. The van der Waals surface area contributed by atoms with Crippen LogP contribution < -0.4 is 9.84 Å². The van der Waals surface area contributed by atoms with E-state index >= 15 is 0 Å². The summed E-state index contributed by atoms with van der Waals surface area (Å²) in [6, 6.07) is 21.8. The van der Waals surface area contributed by atoms with Gasteiger partial charge >= 0.3 is 12.4 Å². The van der Waals surface area contributed by atoms with E-state index in [0.29, 0.717) is 11.1 Å². The second-order valence-electron chi connectivity index (χ2n) is 9.04. The molecule has 0 aliphatic carbocycles. The Morgan fingerprint density at radius 1 is 0.756 bits per heavy atom. The van der Waals surface area contributed by atoms with Crippen molar-refractivity contribution >= 4 is 30.6 Å².